The van der Waals surface area contributed by atoms with Gasteiger partial charge in [0.15, 0.2) is 11.5 Å². The fourth-order valence-corrected chi connectivity index (χ4v) is 0.760. The van der Waals surface area contributed by atoms with Crippen molar-refractivity contribution in [2.45, 2.75) is 0 Å². The lowest BCUT2D eigenvalue weighted by Gasteiger charge is -1.99. The van der Waals surface area contributed by atoms with Gasteiger partial charge >= 0.3 is 0 Å². The summed E-state index contributed by atoms with van der Waals surface area (Å²) >= 11 is 0. The van der Waals surface area contributed by atoms with Gasteiger partial charge in [-0.3, -0.25) is 0 Å². The van der Waals surface area contributed by atoms with E-state index < -0.39 is 11.5 Å². The largest absolute Gasteiger partial charge is 0.503 e. The third-order valence-electron chi connectivity index (χ3n) is 1.39. The summed E-state index contributed by atoms with van der Waals surface area (Å²) in [4.78, 5) is 0. The summed E-state index contributed by atoms with van der Waals surface area (Å²) in [6.07, 6.45) is 0. The molecule has 0 fully saturated rings. The van der Waals surface area contributed by atoms with Gasteiger partial charge < -0.3 is 10.2 Å². The molecule has 0 saturated carbocycles. The van der Waals surface area contributed by atoms with E-state index in [2.05, 4.69) is 0 Å². The first kappa shape index (κ1) is 7.90. The minimum atomic E-state index is -0.545. The summed E-state index contributed by atoms with van der Waals surface area (Å²) in [6.45, 7) is 0. The average Bonchev–Trinajstić information content (AvgIpc) is 2.10. The molecule has 0 aliphatic rings. The van der Waals surface area contributed by atoms with Gasteiger partial charge in [0.1, 0.15) is 12.1 Å². The van der Waals surface area contributed by atoms with Gasteiger partial charge in [-0.2, -0.15) is 10.5 Å². The predicted octanol–water partition coefficient (Wildman–Crippen LogP) is 0.841. The fraction of sp³-hybridized carbons (Fsp3) is 0. The van der Waals surface area contributed by atoms with Crippen LogP contribution in [-0.4, -0.2) is 10.2 Å². The second-order valence-corrected chi connectivity index (χ2v) is 2.08. The number of hydrogen-bond acceptors (Lipinski definition) is 4. The Kier molecular flexibility index (Phi) is 1.85. The van der Waals surface area contributed by atoms with Crippen LogP contribution in [0.1, 0.15) is 11.1 Å². The van der Waals surface area contributed by atoms with E-state index in [1.807, 2.05) is 0 Å². The molecule has 0 radical (unpaired) electrons. The summed E-state index contributed by atoms with van der Waals surface area (Å²) in [5.74, 6) is -1.09. The number of phenols is 2. The Labute approximate surface area is 68.5 Å². The van der Waals surface area contributed by atoms with Crippen LogP contribution in [0.5, 0.6) is 11.5 Å². The zero-order chi connectivity index (χ0) is 9.14. The second-order valence-electron chi connectivity index (χ2n) is 2.08. The molecule has 0 unspecified atom stereocenters. The van der Waals surface area contributed by atoms with Crippen LogP contribution in [0.3, 0.4) is 0 Å². The third-order valence-corrected chi connectivity index (χ3v) is 1.39. The standard InChI is InChI=1S/C8H4N2O2/c9-3-5-1-2-6(4-10)8(12)7(5)11/h1-2,11-12H. The van der Waals surface area contributed by atoms with E-state index in [1.54, 1.807) is 12.1 Å². The number of nitriles is 2. The Hall–Kier alpha value is -2.20. The van der Waals surface area contributed by atoms with Gasteiger partial charge in [0.2, 0.25) is 0 Å². The number of aromatic hydroxyl groups is 2. The van der Waals surface area contributed by atoms with Crippen molar-refractivity contribution in [2.75, 3.05) is 0 Å². The Morgan fingerprint density at radius 3 is 1.50 bits per heavy atom. The Bertz CT molecular complexity index is 360. The highest BCUT2D eigenvalue weighted by atomic mass is 16.3. The van der Waals surface area contributed by atoms with Crippen molar-refractivity contribution < 1.29 is 10.2 Å². The zero-order valence-corrected chi connectivity index (χ0v) is 5.94. The first-order valence-electron chi connectivity index (χ1n) is 3.06. The van der Waals surface area contributed by atoms with E-state index in [9.17, 15) is 0 Å². The molecule has 58 valence electrons. The van der Waals surface area contributed by atoms with Gasteiger partial charge in [0.05, 0.1) is 11.1 Å². The molecule has 0 heterocycles. The van der Waals surface area contributed by atoms with Gasteiger partial charge in [-0.1, -0.05) is 0 Å². The molecule has 0 saturated heterocycles. The smallest absolute Gasteiger partial charge is 0.177 e. The lowest BCUT2D eigenvalue weighted by atomic mass is 10.1. The van der Waals surface area contributed by atoms with Crippen LogP contribution in [0.15, 0.2) is 12.1 Å². The van der Waals surface area contributed by atoms with E-state index in [0.29, 0.717) is 0 Å². The minimum absolute atomic E-state index is 0.0495. The highest BCUT2D eigenvalue weighted by Crippen LogP contribution is 2.31. The fourth-order valence-electron chi connectivity index (χ4n) is 0.760. The van der Waals surface area contributed by atoms with Crippen LogP contribution in [0.25, 0.3) is 0 Å². The van der Waals surface area contributed by atoms with Crippen LogP contribution < -0.4 is 0 Å². The van der Waals surface area contributed by atoms with Crippen molar-refractivity contribution in [3.63, 3.8) is 0 Å². The molecule has 0 aliphatic carbocycles. The molecule has 1 aromatic rings. The highest BCUT2D eigenvalue weighted by molar-refractivity contribution is 5.58. The van der Waals surface area contributed by atoms with Gasteiger partial charge in [-0.05, 0) is 12.1 Å². The monoisotopic (exact) mass is 160 g/mol. The number of phenolic OH excluding ortho intramolecular Hbond substituents is 2. The summed E-state index contributed by atoms with van der Waals surface area (Å²) < 4.78 is 0. The summed E-state index contributed by atoms with van der Waals surface area (Å²) in [5.41, 5.74) is -0.0991. The van der Waals surface area contributed by atoms with Crippen molar-refractivity contribution >= 4 is 0 Å². The van der Waals surface area contributed by atoms with Crippen molar-refractivity contribution in [1.82, 2.24) is 0 Å². The molecule has 0 aliphatic heterocycles. The summed E-state index contributed by atoms with van der Waals surface area (Å²) in [6, 6.07) is 5.88. The molecule has 4 nitrogen and oxygen atoms in total. The van der Waals surface area contributed by atoms with Gasteiger partial charge in [0.25, 0.3) is 0 Å². The Morgan fingerprint density at radius 1 is 0.917 bits per heavy atom. The molecule has 0 amide bonds. The van der Waals surface area contributed by atoms with E-state index in [-0.39, 0.29) is 11.1 Å². The normalized spacial score (nSPS) is 8.50. The Morgan fingerprint density at radius 2 is 1.25 bits per heavy atom. The van der Waals surface area contributed by atoms with Crippen molar-refractivity contribution in [3.8, 4) is 23.6 Å². The maximum absolute atomic E-state index is 9.09. The van der Waals surface area contributed by atoms with Gasteiger partial charge in [0, 0.05) is 0 Å². The lowest BCUT2D eigenvalue weighted by Crippen LogP contribution is -1.81. The molecule has 1 aromatic carbocycles. The molecule has 0 atom stereocenters. The van der Waals surface area contributed by atoms with Crippen molar-refractivity contribution in [2.24, 2.45) is 0 Å². The van der Waals surface area contributed by atoms with E-state index in [4.69, 9.17) is 20.7 Å². The van der Waals surface area contributed by atoms with Crippen LogP contribution in [0.2, 0.25) is 0 Å². The molecule has 4 heteroatoms. The maximum atomic E-state index is 9.09. The van der Waals surface area contributed by atoms with Gasteiger partial charge in [-0.15, -0.1) is 0 Å². The Balaban J connectivity index is 3.45. The van der Waals surface area contributed by atoms with Crippen LogP contribution >= 0.6 is 0 Å². The molecule has 0 aromatic heterocycles. The summed E-state index contributed by atoms with van der Waals surface area (Å²) in [7, 11) is 0. The van der Waals surface area contributed by atoms with Crippen LogP contribution in [0, 0.1) is 22.7 Å². The van der Waals surface area contributed by atoms with Crippen molar-refractivity contribution in [1.29, 1.82) is 10.5 Å². The molecule has 12 heavy (non-hydrogen) atoms. The van der Waals surface area contributed by atoms with Crippen molar-refractivity contribution in [3.05, 3.63) is 23.3 Å². The van der Waals surface area contributed by atoms with Gasteiger partial charge in [-0.25, -0.2) is 0 Å². The molecule has 0 bridgehead atoms. The maximum Gasteiger partial charge on any atom is 0.177 e. The van der Waals surface area contributed by atoms with E-state index in [1.165, 1.54) is 12.1 Å². The number of hydrogen-bond donors (Lipinski definition) is 2. The first-order chi connectivity index (χ1) is 5.70. The number of nitrogens with zero attached hydrogens (tertiary/aromatic N) is 2. The van der Waals surface area contributed by atoms with E-state index >= 15 is 0 Å². The SMILES string of the molecule is N#Cc1ccc(C#N)c(O)c1O. The average molecular weight is 160 g/mol. The van der Waals surface area contributed by atoms with Crippen LogP contribution in [0.4, 0.5) is 0 Å². The molecule has 2 N–H and O–H groups in total. The number of benzene rings is 1. The van der Waals surface area contributed by atoms with Crippen LogP contribution in [-0.2, 0) is 0 Å². The number of rotatable bonds is 0. The summed E-state index contributed by atoms with van der Waals surface area (Å²) in [5, 5.41) is 35.0. The minimum Gasteiger partial charge on any atom is -0.503 e. The quantitative estimate of drug-likeness (QED) is 0.550. The lowest BCUT2D eigenvalue weighted by molar-refractivity contribution is 0.401. The second kappa shape index (κ2) is 2.81. The third kappa shape index (κ3) is 1.02. The van der Waals surface area contributed by atoms with E-state index in [0.717, 1.165) is 0 Å². The zero-order valence-electron chi connectivity index (χ0n) is 5.94. The topological polar surface area (TPSA) is 88.0 Å². The highest BCUT2D eigenvalue weighted by Gasteiger charge is 2.09. The molecular formula is C8H4N2O2. The molecule has 0 spiro atoms. The first-order valence-corrected chi connectivity index (χ1v) is 3.06. The molecular weight excluding hydrogens is 156 g/mol. The molecule has 1 rings (SSSR count). The predicted molar refractivity (Wildman–Crippen MR) is 39.2 cm³/mol.